The molecular weight excluding hydrogens is 212 g/mol. The van der Waals surface area contributed by atoms with Crippen LogP contribution in [0.5, 0.6) is 0 Å². The number of hydrogen-bond acceptors (Lipinski definition) is 3. The van der Waals surface area contributed by atoms with Gasteiger partial charge in [0.25, 0.3) is 0 Å². The first kappa shape index (κ1) is 12.4. The summed E-state index contributed by atoms with van der Waals surface area (Å²) in [5.41, 5.74) is 5.00. The second-order valence-corrected chi connectivity index (χ2v) is 4.82. The SMILES string of the molecule is NC(=O)CSCCC(=O)N1CCCCC1. The molecule has 0 spiro atoms. The molecule has 0 atom stereocenters. The van der Waals surface area contributed by atoms with Crippen LogP contribution in [0.1, 0.15) is 25.7 Å². The molecule has 86 valence electrons. The quantitative estimate of drug-likeness (QED) is 0.704. The lowest BCUT2D eigenvalue weighted by Gasteiger charge is -2.26. The highest BCUT2D eigenvalue weighted by molar-refractivity contribution is 7.99. The molecule has 1 aliphatic heterocycles. The van der Waals surface area contributed by atoms with Crippen molar-refractivity contribution in [2.24, 2.45) is 5.73 Å². The number of carbonyl (C=O) groups is 2. The summed E-state index contributed by atoms with van der Waals surface area (Å²) in [5.74, 6) is 0.906. The maximum atomic E-state index is 11.6. The van der Waals surface area contributed by atoms with E-state index < -0.39 is 0 Å². The Morgan fingerprint density at radius 3 is 2.47 bits per heavy atom. The van der Waals surface area contributed by atoms with E-state index in [0.29, 0.717) is 17.9 Å². The molecule has 1 fully saturated rings. The summed E-state index contributed by atoms with van der Waals surface area (Å²) in [7, 11) is 0. The largest absolute Gasteiger partial charge is 0.369 e. The number of primary amides is 1. The number of nitrogens with two attached hydrogens (primary N) is 1. The Hall–Kier alpha value is -0.710. The predicted molar refractivity (Wildman–Crippen MR) is 61.6 cm³/mol. The second-order valence-electron chi connectivity index (χ2n) is 3.71. The monoisotopic (exact) mass is 230 g/mol. The summed E-state index contributed by atoms with van der Waals surface area (Å²) in [4.78, 5) is 24.0. The first-order chi connectivity index (χ1) is 7.20. The van der Waals surface area contributed by atoms with Crippen LogP contribution in [0.15, 0.2) is 0 Å². The van der Waals surface area contributed by atoms with Crippen molar-refractivity contribution in [1.82, 2.24) is 4.90 Å². The van der Waals surface area contributed by atoms with Gasteiger partial charge in [-0.25, -0.2) is 0 Å². The number of hydrogen-bond donors (Lipinski definition) is 1. The molecule has 1 aliphatic rings. The average molecular weight is 230 g/mol. The maximum absolute atomic E-state index is 11.6. The van der Waals surface area contributed by atoms with Crippen molar-refractivity contribution in [2.75, 3.05) is 24.6 Å². The van der Waals surface area contributed by atoms with Gasteiger partial charge in [0.1, 0.15) is 0 Å². The van der Waals surface area contributed by atoms with Gasteiger partial charge in [-0.15, -0.1) is 0 Å². The Labute approximate surface area is 94.6 Å². The van der Waals surface area contributed by atoms with Gasteiger partial charge in [0.05, 0.1) is 5.75 Å². The molecule has 5 heteroatoms. The third-order valence-electron chi connectivity index (χ3n) is 2.41. The Bertz CT molecular complexity index is 227. The van der Waals surface area contributed by atoms with Crippen LogP contribution in [0.25, 0.3) is 0 Å². The minimum atomic E-state index is -0.314. The lowest BCUT2D eigenvalue weighted by molar-refractivity contribution is -0.131. The Morgan fingerprint density at radius 2 is 1.87 bits per heavy atom. The lowest BCUT2D eigenvalue weighted by atomic mass is 10.1. The van der Waals surface area contributed by atoms with Crippen LogP contribution in [0.4, 0.5) is 0 Å². The molecule has 2 N–H and O–H groups in total. The number of piperidine rings is 1. The fourth-order valence-electron chi connectivity index (χ4n) is 1.63. The van der Waals surface area contributed by atoms with E-state index in [0.717, 1.165) is 25.9 Å². The zero-order chi connectivity index (χ0) is 11.1. The fourth-order valence-corrected chi connectivity index (χ4v) is 2.30. The first-order valence-electron chi connectivity index (χ1n) is 5.34. The van der Waals surface area contributed by atoms with E-state index in [9.17, 15) is 9.59 Å². The van der Waals surface area contributed by atoms with Crippen LogP contribution in [0, 0.1) is 0 Å². The maximum Gasteiger partial charge on any atom is 0.227 e. The molecule has 0 aliphatic carbocycles. The van der Waals surface area contributed by atoms with Crippen molar-refractivity contribution in [3.8, 4) is 0 Å². The average Bonchev–Trinajstić information content (AvgIpc) is 2.25. The van der Waals surface area contributed by atoms with Gasteiger partial charge >= 0.3 is 0 Å². The molecular formula is C10H18N2O2S. The van der Waals surface area contributed by atoms with Gasteiger partial charge in [-0.2, -0.15) is 11.8 Å². The van der Waals surface area contributed by atoms with Gasteiger partial charge in [-0.3, -0.25) is 9.59 Å². The van der Waals surface area contributed by atoms with Crippen molar-refractivity contribution < 1.29 is 9.59 Å². The van der Waals surface area contributed by atoms with Crippen molar-refractivity contribution in [3.63, 3.8) is 0 Å². The Morgan fingerprint density at radius 1 is 1.20 bits per heavy atom. The van der Waals surface area contributed by atoms with Crippen LogP contribution in [-0.4, -0.2) is 41.3 Å². The van der Waals surface area contributed by atoms with Crippen molar-refractivity contribution in [1.29, 1.82) is 0 Å². The minimum absolute atomic E-state index is 0.215. The molecule has 4 nitrogen and oxygen atoms in total. The van der Waals surface area contributed by atoms with Gasteiger partial charge < -0.3 is 10.6 Å². The second kappa shape index (κ2) is 6.71. The molecule has 0 unspecified atom stereocenters. The van der Waals surface area contributed by atoms with Crippen LogP contribution in [0.3, 0.4) is 0 Å². The molecule has 1 rings (SSSR count). The van der Waals surface area contributed by atoms with Gasteiger partial charge in [0.15, 0.2) is 0 Å². The molecule has 2 amide bonds. The van der Waals surface area contributed by atoms with Gasteiger partial charge in [-0.1, -0.05) is 0 Å². The standard InChI is InChI=1S/C10H18N2O2S/c11-9(13)8-15-7-4-10(14)12-5-2-1-3-6-12/h1-8H2,(H2,11,13). The molecule has 15 heavy (non-hydrogen) atoms. The van der Waals surface area contributed by atoms with E-state index in [1.54, 1.807) is 0 Å². The van der Waals surface area contributed by atoms with Crippen molar-refractivity contribution in [3.05, 3.63) is 0 Å². The normalized spacial score (nSPS) is 16.4. The van der Waals surface area contributed by atoms with Crippen LogP contribution in [-0.2, 0) is 9.59 Å². The molecule has 0 bridgehead atoms. The van der Waals surface area contributed by atoms with E-state index in [4.69, 9.17) is 5.73 Å². The summed E-state index contributed by atoms with van der Waals surface area (Å²) in [6, 6.07) is 0. The molecule has 0 aromatic carbocycles. The summed E-state index contributed by atoms with van der Waals surface area (Å²) in [6.07, 6.45) is 4.01. The van der Waals surface area contributed by atoms with E-state index in [1.807, 2.05) is 4.90 Å². The first-order valence-corrected chi connectivity index (χ1v) is 6.49. The van der Waals surface area contributed by atoms with Crippen LogP contribution >= 0.6 is 11.8 Å². The third kappa shape index (κ3) is 5.06. The highest BCUT2D eigenvalue weighted by Crippen LogP contribution is 2.11. The topological polar surface area (TPSA) is 63.4 Å². The van der Waals surface area contributed by atoms with Crippen molar-refractivity contribution >= 4 is 23.6 Å². The summed E-state index contributed by atoms with van der Waals surface area (Å²) >= 11 is 1.43. The Kier molecular flexibility index (Phi) is 5.53. The lowest BCUT2D eigenvalue weighted by Crippen LogP contribution is -2.35. The summed E-state index contributed by atoms with van der Waals surface area (Å²) in [5, 5.41) is 0. The van der Waals surface area contributed by atoms with E-state index in [-0.39, 0.29) is 11.8 Å². The number of carbonyl (C=O) groups excluding carboxylic acids is 2. The van der Waals surface area contributed by atoms with Gasteiger partial charge in [-0.05, 0) is 19.3 Å². The minimum Gasteiger partial charge on any atom is -0.369 e. The molecule has 0 aromatic rings. The number of thioether (sulfide) groups is 1. The number of nitrogens with zero attached hydrogens (tertiary/aromatic N) is 1. The van der Waals surface area contributed by atoms with E-state index in [2.05, 4.69) is 0 Å². The van der Waals surface area contributed by atoms with Crippen LogP contribution in [0.2, 0.25) is 0 Å². The molecule has 1 heterocycles. The summed E-state index contributed by atoms with van der Waals surface area (Å²) in [6.45, 7) is 1.80. The van der Waals surface area contributed by atoms with E-state index in [1.165, 1.54) is 18.2 Å². The fraction of sp³-hybridized carbons (Fsp3) is 0.800. The number of amides is 2. The molecule has 0 saturated carbocycles. The van der Waals surface area contributed by atoms with Gasteiger partial charge in [0, 0.05) is 25.3 Å². The third-order valence-corrected chi connectivity index (χ3v) is 3.39. The van der Waals surface area contributed by atoms with Gasteiger partial charge in [0.2, 0.25) is 11.8 Å². The highest BCUT2D eigenvalue weighted by atomic mass is 32.2. The summed E-state index contributed by atoms with van der Waals surface area (Å²) < 4.78 is 0. The number of likely N-dealkylation sites (tertiary alicyclic amines) is 1. The highest BCUT2D eigenvalue weighted by Gasteiger charge is 2.15. The molecule has 0 aromatic heterocycles. The molecule has 0 radical (unpaired) electrons. The zero-order valence-corrected chi connectivity index (χ0v) is 9.72. The van der Waals surface area contributed by atoms with E-state index >= 15 is 0 Å². The zero-order valence-electron chi connectivity index (χ0n) is 8.91. The van der Waals surface area contributed by atoms with Crippen LogP contribution < -0.4 is 5.73 Å². The number of rotatable bonds is 5. The Balaban J connectivity index is 2.09. The smallest absolute Gasteiger partial charge is 0.227 e. The van der Waals surface area contributed by atoms with Crippen molar-refractivity contribution in [2.45, 2.75) is 25.7 Å². The molecule has 1 saturated heterocycles. The predicted octanol–water partition coefficient (Wildman–Crippen LogP) is 0.607.